The zero-order chi connectivity index (χ0) is 30.4. The molecular formula is C30H28N6O5S. The number of anilines is 2. The number of nitrogens with zero attached hydrogens (tertiary/aromatic N) is 3. The molecule has 2 aromatic carbocycles. The molecule has 4 aromatic rings. The highest BCUT2D eigenvalue weighted by atomic mass is 32.2. The minimum absolute atomic E-state index is 0.0168. The first-order valence-electron chi connectivity index (χ1n) is 12.5. The largest absolute Gasteiger partial charge is 0.469 e. The average Bonchev–Trinajstić information content (AvgIpc) is 3.30. The number of aromatic nitrogens is 3. The maximum atomic E-state index is 13.3. The van der Waals surface area contributed by atoms with Gasteiger partial charge in [0.25, 0.3) is 11.8 Å². The predicted molar refractivity (Wildman–Crippen MR) is 160 cm³/mol. The third-order valence-corrected chi connectivity index (χ3v) is 7.52. The van der Waals surface area contributed by atoms with Gasteiger partial charge in [0.15, 0.2) is 0 Å². The van der Waals surface area contributed by atoms with Gasteiger partial charge in [0.05, 0.1) is 40.1 Å². The number of carbonyl (C=O) groups excluding carboxylic acids is 3. The minimum Gasteiger partial charge on any atom is -0.469 e. The Morgan fingerprint density at radius 3 is 2.55 bits per heavy atom. The monoisotopic (exact) mass is 584 g/mol. The quantitative estimate of drug-likeness (QED) is 0.170. The maximum Gasteiger partial charge on any atom is 0.309 e. The van der Waals surface area contributed by atoms with Crippen LogP contribution >= 0.6 is 0 Å². The number of carbonyl (C=O) groups is 3. The molecule has 4 rings (SSSR count). The predicted octanol–water partition coefficient (Wildman–Crippen LogP) is 2.49. The number of esters is 1. The zero-order valence-electron chi connectivity index (χ0n) is 23.1. The Kier molecular flexibility index (Phi) is 8.73. The third kappa shape index (κ3) is 7.21. The van der Waals surface area contributed by atoms with Crippen LogP contribution in [0.4, 0.5) is 11.5 Å². The van der Waals surface area contributed by atoms with E-state index in [0.29, 0.717) is 22.5 Å². The fraction of sp³-hybridized carbons (Fsp3) is 0.133. The second-order valence-corrected chi connectivity index (χ2v) is 11.3. The Morgan fingerprint density at radius 2 is 1.83 bits per heavy atom. The van der Waals surface area contributed by atoms with E-state index < -0.39 is 21.6 Å². The molecule has 0 saturated heterocycles. The summed E-state index contributed by atoms with van der Waals surface area (Å²) in [7, 11) is -0.306. The van der Waals surface area contributed by atoms with Crippen molar-refractivity contribution in [3.8, 4) is 11.8 Å². The maximum absolute atomic E-state index is 13.3. The molecule has 0 aliphatic rings. The fourth-order valence-corrected chi connectivity index (χ4v) is 5.07. The number of nitrogens with one attached hydrogen (secondary N) is 2. The van der Waals surface area contributed by atoms with E-state index in [0.717, 1.165) is 5.69 Å². The molecule has 2 heterocycles. The van der Waals surface area contributed by atoms with Crippen LogP contribution in [0.2, 0.25) is 0 Å². The Morgan fingerprint density at radius 1 is 1.07 bits per heavy atom. The fourth-order valence-electron chi connectivity index (χ4n) is 3.90. The Bertz CT molecular complexity index is 1870. The smallest absolute Gasteiger partial charge is 0.309 e. The third-order valence-electron chi connectivity index (χ3n) is 5.99. The molecular weight excluding hydrogens is 556 g/mol. The van der Waals surface area contributed by atoms with Gasteiger partial charge in [-0.1, -0.05) is 30.0 Å². The summed E-state index contributed by atoms with van der Waals surface area (Å²) in [6.07, 6.45) is 1.23. The average molecular weight is 585 g/mol. The minimum atomic E-state index is -3.27. The second-order valence-electron chi connectivity index (χ2n) is 9.24. The van der Waals surface area contributed by atoms with E-state index >= 15 is 0 Å². The molecule has 0 saturated carbocycles. The van der Waals surface area contributed by atoms with Crippen LogP contribution in [-0.2, 0) is 32.7 Å². The van der Waals surface area contributed by atoms with Crippen LogP contribution in [0.15, 0.2) is 71.8 Å². The number of pyridine rings is 1. The van der Waals surface area contributed by atoms with Gasteiger partial charge in [0, 0.05) is 29.4 Å². The van der Waals surface area contributed by atoms with E-state index in [9.17, 15) is 18.6 Å². The van der Waals surface area contributed by atoms with Crippen molar-refractivity contribution in [1.82, 2.24) is 19.5 Å². The number of nitrogens with two attached hydrogens (primary N) is 1. The van der Waals surface area contributed by atoms with Gasteiger partial charge in [-0.2, -0.15) is 5.10 Å². The van der Waals surface area contributed by atoms with E-state index in [1.165, 1.54) is 30.1 Å². The van der Waals surface area contributed by atoms with Crippen LogP contribution < -0.4 is 15.8 Å². The molecule has 0 bridgehead atoms. The van der Waals surface area contributed by atoms with Crippen LogP contribution in [0, 0.1) is 18.8 Å². The molecule has 214 valence electrons. The summed E-state index contributed by atoms with van der Waals surface area (Å²) >= 11 is 0. The molecule has 4 N–H and O–H groups in total. The normalized spacial score (nSPS) is 11.9. The molecule has 0 radical (unpaired) electrons. The molecule has 0 aliphatic heterocycles. The molecule has 1 atom stereocenters. The number of benzene rings is 2. The van der Waals surface area contributed by atoms with Crippen LogP contribution in [0.5, 0.6) is 0 Å². The van der Waals surface area contributed by atoms with Gasteiger partial charge in [0.1, 0.15) is 11.5 Å². The van der Waals surface area contributed by atoms with Crippen molar-refractivity contribution in [3.05, 3.63) is 101 Å². The lowest BCUT2D eigenvalue weighted by Gasteiger charge is -2.13. The number of ether oxygens (including phenoxy) is 1. The van der Waals surface area contributed by atoms with E-state index in [1.54, 1.807) is 62.5 Å². The first kappa shape index (κ1) is 29.6. The summed E-state index contributed by atoms with van der Waals surface area (Å²) in [6.45, 7) is 1.80. The number of nitrogen functional groups attached to an aromatic ring is 1. The van der Waals surface area contributed by atoms with E-state index in [1.807, 2.05) is 0 Å². The van der Waals surface area contributed by atoms with E-state index in [-0.39, 0.29) is 34.2 Å². The lowest BCUT2D eigenvalue weighted by molar-refractivity contribution is -0.139. The standard InChI is InChI=1S/C30H28N6O5S/c1-19-13-26(36(2)34-19)30(39)33-24-9-5-7-20(14-24)11-12-22-17-23(18-32-28(22)31)29(38)35-42(4,40)25-10-6-8-21(15-25)16-27(37)41-3/h5-10,13-15,17-18H,4,16H2,1-3H3,(H2,31,32)(H,33,39)(H,35,38,40). The highest BCUT2D eigenvalue weighted by molar-refractivity contribution is 7.99. The van der Waals surface area contributed by atoms with Crippen molar-refractivity contribution in [2.45, 2.75) is 18.2 Å². The van der Waals surface area contributed by atoms with Crippen molar-refractivity contribution in [1.29, 1.82) is 0 Å². The number of hydrogen-bond acceptors (Lipinski definition) is 8. The molecule has 0 fully saturated rings. The molecule has 2 amide bonds. The van der Waals surface area contributed by atoms with E-state index in [4.69, 9.17) is 5.73 Å². The van der Waals surface area contributed by atoms with Gasteiger partial charge in [-0.3, -0.25) is 23.8 Å². The first-order chi connectivity index (χ1) is 19.9. The lowest BCUT2D eigenvalue weighted by Crippen LogP contribution is -2.30. The number of hydrogen-bond donors (Lipinski definition) is 3. The highest BCUT2D eigenvalue weighted by Crippen LogP contribution is 2.16. The molecule has 2 aromatic heterocycles. The van der Waals surface area contributed by atoms with E-state index in [2.05, 4.69) is 42.6 Å². The van der Waals surface area contributed by atoms with Gasteiger partial charge < -0.3 is 15.8 Å². The van der Waals surface area contributed by atoms with Crippen LogP contribution in [0.3, 0.4) is 0 Å². The van der Waals surface area contributed by atoms with Crippen LogP contribution in [-0.4, -0.2) is 49.7 Å². The lowest BCUT2D eigenvalue weighted by atomic mass is 10.1. The van der Waals surface area contributed by atoms with Crippen LogP contribution in [0.1, 0.15) is 43.2 Å². The number of amides is 2. The van der Waals surface area contributed by atoms with Gasteiger partial charge >= 0.3 is 5.97 Å². The highest BCUT2D eigenvalue weighted by Gasteiger charge is 2.17. The van der Waals surface area contributed by atoms with Crippen molar-refractivity contribution in [2.24, 2.45) is 7.05 Å². The Hall–Kier alpha value is -5.41. The topological polar surface area (TPSA) is 158 Å². The molecule has 1 unspecified atom stereocenters. The van der Waals surface area contributed by atoms with Crippen molar-refractivity contribution in [3.63, 3.8) is 0 Å². The molecule has 12 heteroatoms. The van der Waals surface area contributed by atoms with Gasteiger partial charge in [-0.05, 0) is 60.8 Å². The van der Waals surface area contributed by atoms with Crippen molar-refractivity contribution in [2.75, 3.05) is 18.2 Å². The van der Waals surface area contributed by atoms with Crippen molar-refractivity contribution < 1.29 is 23.3 Å². The Labute approximate surface area is 243 Å². The number of aryl methyl sites for hydroxylation is 2. The van der Waals surface area contributed by atoms with Crippen LogP contribution in [0.25, 0.3) is 0 Å². The first-order valence-corrected chi connectivity index (χ1v) is 14.2. The molecule has 0 spiro atoms. The number of methoxy groups -OCH3 is 1. The SMILES string of the molecule is C=S(=O)(NC(=O)c1cnc(N)c(C#Cc2cccc(NC(=O)c3cc(C)nn3C)c2)c1)c1cccc(CC(=O)OC)c1. The van der Waals surface area contributed by atoms with Gasteiger partial charge in [-0.15, -0.1) is 0 Å². The number of rotatable bonds is 7. The Balaban J connectivity index is 1.50. The summed E-state index contributed by atoms with van der Waals surface area (Å²) in [4.78, 5) is 41.5. The summed E-state index contributed by atoms with van der Waals surface area (Å²) in [5.74, 6) is 8.18. The summed E-state index contributed by atoms with van der Waals surface area (Å²) < 4.78 is 21.9. The van der Waals surface area contributed by atoms with Gasteiger partial charge in [0.2, 0.25) is 0 Å². The molecule has 0 aliphatic carbocycles. The zero-order valence-corrected chi connectivity index (χ0v) is 24.0. The summed E-state index contributed by atoms with van der Waals surface area (Å²) in [6, 6.07) is 16.4. The summed E-state index contributed by atoms with van der Waals surface area (Å²) in [5, 5.41) is 7.01. The van der Waals surface area contributed by atoms with Crippen molar-refractivity contribution >= 4 is 44.9 Å². The molecule has 42 heavy (non-hydrogen) atoms. The van der Waals surface area contributed by atoms with Gasteiger partial charge in [-0.25, -0.2) is 9.19 Å². The summed E-state index contributed by atoms with van der Waals surface area (Å²) in [5.41, 5.74) is 9.17. The second kappa shape index (κ2) is 12.4. The molecule has 11 nitrogen and oxygen atoms in total.